The lowest BCUT2D eigenvalue weighted by atomic mass is 10.3. The number of thiol groups is 2. The van der Waals surface area contributed by atoms with E-state index < -0.39 is 0 Å². The Bertz CT molecular complexity index is 795. The van der Waals surface area contributed by atoms with E-state index in [0.717, 1.165) is 9.79 Å². The van der Waals surface area contributed by atoms with E-state index in [1.807, 2.05) is 36.4 Å². The second-order valence-electron chi connectivity index (χ2n) is 5.12. The number of anilines is 2. The molecule has 4 N–H and O–H groups in total. The summed E-state index contributed by atoms with van der Waals surface area (Å²) < 4.78 is 11.5. The van der Waals surface area contributed by atoms with Gasteiger partial charge < -0.3 is 20.9 Å². The summed E-state index contributed by atoms with van der Waals surface area (Å²) in [4.78, 5) is 1.44. The van der Waals surface area contributed by atoms with Crippen LogP contribution in [0.15, 0.2) is 70.5 Å². The van der Waals surface area contributed by atoms with Crippen molar-refractivity contribution in [2.24, 2.45) is 0 Å². The van der Waals surface area contributed by atoms with Crippen molar-refractivity contribution in [3.8, 4) is 23.0 Å². The molecule has 0 heterocycles. The van der Waals surface area contributed by atoms with Gasteiger partial charge in [-0.05, 0) is 48.5 Å². The first kappa shape index (κ1) is 16.4. The van der Waals surface area contributed by atoms with Gasteiger partial charge in [-0.3, -0.25) is 0 Å². The zero-order valence-electron chi connectivity index (χ0n) is 12.6. The van der Waals surface area contributed by atoms with E-state index in [0.29, 0.717) is 34.4 Å². The van der Waals surface area contributed by atoms with E-state index in [2.05, 4.69) is 25.3 Å². The van der Waals surface area contributed by atoms with Crippen LogP contribution in [0.4, 0.5) is 11.4 Å². The molecule has 0 saturated heterocycles. The number of hydrogen-bond acceptors (Lipinski definition) is 6. The third kappa shape index (κ3) is 3.90. The Hall–Kier alpha value is -2.44. The molecule has 0 saturated carbocycles. The zero-order chi connectivity index (χ0) is 17.1. The first-order valence-corrected chi connectivity index (χ1v) is 8.03. The van der Waals surface area contributed by atoms with Crippen molar-refractivity contribution in [1.29, 1.82) is 0 Å². The highest BCUT2D eigenvalue weighted by molar-refractivity contribution is 7.80. The van der Waals surface area contributed by atoms with Crippen molar-refractivity contribution < 1.29 is 9.47 Å². The normalized spacial score (nSPS) is 10.4. The van der Waals surface area contributed by atoms with Crippen LogP contribution in [0.25, 0.3) is 0 Å². The predicted octanol–water partition coefficient (Wildman–Crippen LogP) is 5.01. The molecule has 0 spiro atoms. The number of rotatable bonds is 4. The molecule has 0 aliphatic heterocycles. The van der Waals surface area contributed by atoms with Gasteiger partial charge in [0, 0.05) is 33.3 Å². The standard InChI is InChI=1S/C18H16N2O2S2/c19-15-9-13(5-7-17(15)23)21-11-1-2-12(4-3-11)22-14-6-8-18(24)16(20)10-14/h1-10,23-24H,19-20H2. The van der Waals surface area contributed by atoms with Crippen LogP contribution in [0.3, 0.4) is 0 Å². The smallest absolute Gasteiger partial charge is 0.129 e. The zero-order valence-corrected chi connectivity index (χ0v) is 14.4. The third-order valence-electron chi connectivity index (χ3n) is 3.29. The van der Waals surface area contributed by atoms with Crippen LogP contribution in [0.2, 0.25) is 0 Å². The lowest BCUT2D eigenvalue weighted by Crippen LogP contribution is -1.91. The molecular formula is C18H16N2O2S2. The largest absolute Gasteiger partial charge is 0.457 e. The molecule has 0 bridgehead atoms. The lowest BCUT2D eigenvalue weighted by Gasteiger charge is -2.10. The van der Waals surface area contributed by atoms with E-state index in [4.69, 9.17) is 20.9 Å². The molecule has 3 aromatic carbocycles. The molecule has 6 heteroatoms. The molecule has 0 aromatic heterocycles. The van der Waals surface area contributed by atoms with Crippen molar-refractivity contribution >= 4 is 36.6 Å². The Morgan fingerprint density at radius 2 is 0.875 bits per heavy atom. The maximum Gasteiger partial charge on any atom is 0.129 e. The van der Waals surface area contributed by atoms with Gasteiger partial charge in [-0.15, -0.1) is 25.3 Å². The minimum absolute atomic E-state index is 0.570. The SMILES string of the molecule is Nc1cc(Oc2ccc(Oc3ccc(S)c(N)c3)cc2)ccc1S. The number of ether oxygens (including phenoxy) is 2. The molecule has 122 valence electrons. The van der Waals surface area contributed by atoms with Gasteiger partial charge >= 0.3 is 0 Å². The number of benzene rings is 3. The van der Waals surface area contributed by atoms with E-state index in [-0.39, 0.29) is 0 Å². The van der Waals surface area contributed by atoms with Crippen LogP contribution in [-0.4, -0.2) is 0 Å². The molecule has 0 radical (unpaired) electrons. The molecular weight excluding hydrogens is 340 g/mol. The van der Waals surface area contributed by atoms with E-state index in [1.165, 1.54) is 0 Å². The highest BCUT2D eigenvalue weighted by Crippen LogP contribution is 2.30. The van der Waals surface area contributed by atoms with E-state index in [9.17, 15) is 0 Å². The van der Waals surface area contributed by atoms with Crippen LogP contribution in [0.1, 0.15) is 0 Å². The van der Waals surface area contributed by atoms with Crippen molar-refractivity contribution in [3.05, 3.63) is 60.7 Å². The fraction of sp³-hybridized carbons (Fsp3) is 0. The minimum atomic E-state index is 0.570. The van der Waals surface area contributed by atoms with Crippen molar-refractivity contribution in [1.82, 2.24) is 0 Å². The topological polar surface area (TPSA) is 70.5 Å². The van der Waals surface area contributed by atoms with E-state index >= 15 is 0 Å². The summed E-state index contributed by atoms with van der Waals surface area (Å²) in [6.45, 7) is 0. The van der Waals surface area contributed by atoms with Gasteiger partial charge in [-0.25, -0.2) is 0 Å². The summed E-state index contributed by atoms with van der Waals surface area (Å²) in [5, 5.41) is 0. The first-order chi connectivity index (χ1) is 11.5. The van der Waals surface area contributed by atoms with Gasteiger partial charge in [0.25, 0.3) is 0 Å². The van der Waals surface area contributed by atoms with Crippen molar-refractivity contribution in [2.45, 2.75) is 9.79 Å². The summed E-state index contributed by atoms with van der Waals surface area (Å²) in [5.74, 6) is 2.66. The van der Waals surface area contributed by atoms with Gasteiger partial charge in [0.15, 0.2) is 0 Å². The summed E-state index contributed by atoms with van der Waals surface area (Å²) >= 11 is 8.47. The van der Waals surface area contributed by atoms with Gasteiger partial charge in [0.1, 0.15) is 23.0 Å². The van der Waals surface area contributed by atoms with Crippen LogP contribution >= 0.6 is 25.3 Å². The average molecular weight is 356 g/mol. The number of nitrogens with two attached hydrogens (primary N) is 2. The van der Waals surface area contributed by atoms with E-state index in [1.54, 1.807) is 24.3 Å². The van der Waals surface area contributed by atoms with Crippen LogP contribution < -0.4 is 20.9 Å². The second-order valence-corrected chi connectivity index (χ2v) is 6.08. The Labute approximate surface area is 151 Å². The maximum absolute atomic E-state index is 5.82. The average Bonchev–Trinajstić information content (AvgIpc) is 2.56. The summed E-state index contributed by atoms with van der Waals surface area (Å²) in [5.41, 5.74) is 12.8. The Morgan fingerprint density at radius 3 is 1.21 bits per heavy atom. The first-order valence-electron chi connectivity index (χ1n) is 7.14. The molecule has 24 heavy (non-hydrogen) atoms. The van der Waals surface area contributed by atoms with Crippen molar-refractivity contribution in [2.75, 3.05) is 11.5 Å². The Balaban J connectivity index is 1.70. The summed E-state index contributed by atoms with van der Waals surface area (Å²) in [6.07, 6.45) is 0. The third-order valence-corrected chi connectivity index (χ3v) is 4.11. The molecule has 4 nitrogen and oxygen atoms in total. The molecule has 3 rings (SSSR count). The van der Waals surface area contributed by atoms with Gasteiger partial charge in [0.2, 0.25) is 0 Å². The Morgan fingerprint density at radius 1 is 0.542 bits per heavy atom. The molecule has 0 aliphatic carbocycles. The molecule has 0 unspecified atom stereocenters. The highest BCUT2D eigenvalue weighted by atomic mass is 32.1. The quantitative estimate of drug-likeness (QED) is 0.392. The van der Waals surface area contributed by atoms with Gasteiger partial charge in [0.05, 0.1) is 0 Å². The lowest BCUT2D eigenvalue weighted by molar-refractivity contribution is 0.469. The highest BCUT2D eigenvalue weighted by Gasteiger charge is 2.03. The monoisotopic (exact) mass is 356 g/mol. The fourth-order valence-corrected chi connectivity index (χ4v) is 2.32. The molecule has 0 atom stereocenters. The van der Waals surface area contributed by atoms with Gasteiger partial charge in [-0.1, -0.05) is 0 Å². The molecule has 0 aliphatic rings. The Kier molecular flexibility index (Phi) is 4.78. The number of nitrogen functional groups attached to an aromatic ring is 2. The van der Waals surface area contributed by atoms with Crippen LogP contribution in [-0.2, 0) is 0 Å². The van der Waals surface area contributed by atoms with Crippen molar-refractivity contribution in [3.63, 3.8) is 0 Å². The summed E-state index contributed by atoms with van der Waals surface area (Å²) in [7, 11) is 0. The second kappa shape index (κ2) is 6.98. The minimum Gasteiger partial charge on any atom is -0.457 e. The number of hydrogen-bond donors (Lipinski definition) is 4. The van der Waals surface area contributed by atoms with Gasteiger partial charge in [-0.2, -0.15) is 0 Å². The maximum atomic E-state index is 5.82. The molecule has 3 aromatic rings. The van der Waals surface area contributed by atoms with Crippen LogP contribution in [0.5, 0.6) is 23.0 Å². The molecule has 0 fully saturated rings. The van der Waals surface area contributed by atoms with Crippen LogP contribution in [0, 0.1) is 0 Å². The summed E-state index contributed by atoms with van der Waals surface area (Å²) in [6, 6.07) is 17.9. The fourth-order valence-electron chi connectivity index (χ4n) is 2.04. The molecule has 0 amide bonds. The predicted molar refractivity (Wildman–Crippen MR) is 103 cm³/mol.